The van der Waals surface area contributed by atoms with Gasteiger partial charge in [-0.15, -0.1) is 12.3 Å². The zero-order valence-corrected chi connectivity index (χ0v) is 6.85. The summed E-state index contributed by atoms with van der Waals surface area (Å²) in [6, 6.07) is 0.273. The molecule has 0 aromatic carbocycles. The first-order valence-corrected chi connectivity index (χ1v) is 3.39. The third kappa shape index (κ3) is 2.86. The van der Waals surface area contributed by atoms with Crippen LogP contribution < -0.4 is 5.32 Å². The molecule has 2 atom stereocenters. The number of ether oxygens (including phenoxy) is 1. The molecular weight excluding hydrogens is 126 g/mol. The molecular formula is C8H15NO. The van der Waals surface area contributed by atoms with Gasteiger partial charge in [-0.3, -0.25) is 0 Å². The molecule has 0 saturated heterocycles. The molecule has 0 amide bonds. The van der Waals surface area contributed by atoms with Gasteiger partial charge in [0.2, 0.25) is 0 Å². The molecule has 2 nitrogen and oxygen atoms in total. The van der Waals surface area contributed by atoms with Crippen molar-refractivity contribution >= 4 is 0 Å². The maximum Gasteiger partial charge on any atom is 0.0705 e. The molecule has 0 rings (SSSR count). The molecule has 58 valence electrons. The average Bonchev–Trinajstić information content (AvgIpc) is 1.99. The first kappa shape index (κ1) is 9.48. The standard InChI is InChI=1S/C8H15NO/c1-5-6-8(9-3)7(2)10-4/h1,7-9H,6H2,2-4H3. The van der Waals surface area contributed by atoms with Gasteiger partial charge in [0.25, 0.3) is 0 Å². The fraction of sp³-hybridized carbons (Fsp3) is 0.750. The van der Waals surface area contributed by atoms with Gasteiger partial charge in [0.1, 0.15) is 0 Å². The van der Waals surface area contributed by atoms with Crippen molar-refractivity contribution in [1.29, 1.82) is 0 Å². The molecule has 0 saturated carbocycles. The van der Waals surface area contributed by atoms with E-state index in [9.17, 15) is 0 Å². The van der Waals surface area contributed by atoms with Crippen LogP contribution in [0.5, 0.6) is 0 Å². The van der Waals surface area contributed by atoms with E-state index in [0.29, 0.717) is 6.42 Å². The minimum atomic E-state index is 0.182. The Bertz CT molecular complexity index is 117. The quantitative estimate of drug-likeness (QED) is 0.580. The molecule has 0 aromatic heterocycles. The van der Waals surface area contributed by atoms with E-state index in [-0.39, 0.29) is 12.1 Å². The summed E-state index contributed by atoms with van der Waals surface area (Å²) >= 11 is 0. The summed E-state index contributed by atoms with van der Waals surface area (Å²) < 4.78 is 5.10. The molecule has 0 fully saturated rings. The second-order valence-corrected chi connectivity index (χ2v) is 2.24. The van der Waals surface area contributed by atoms with E-state index in [1.807, 2.05) is 14.0 Å². The predicted octanol–water partition coefficient (Wildman–Crippen LogP) is 0.633. The molecule has 10 heavy (non-hydrogen) atoms. The summed E-state index contributed by atoms with van der Waals surface area (Å²) in [4.78, 5) is 0. The summed E-state index contributed by atoms with van der Waals surface area (Å²) in [6.07, 6.45) is 6.05. The third-order valence-electron chi connectivity index (χ3n) is 1.65. The second-order valence-electron chi connectivity index (χ2n) is 2.24. The molecule has 0 radical (unpaired) electrons. The Kier molecular flexibility index (Phi) is 5.00. The number of rotatable bonds is 4. The zero-order valence-electron chi connectivity index (χ0n) is 6.85. The van der Waals surface area contributed by atoms with Gasteiger partial charge in [0.05, 0.1) is 6.10 Å². The lowest BCUT2D eigenvalue weighted by Gasteiger charge is -2.19. The van der Waals surface area contributed by atoms with Crippen molar-refractivity contribution in [3.05, 3.63) is 0 Å². The van der Waals surface area contributed by atoms with Gasteiger partial charge in [-0.1, -0.05) is 0 Å². The predicted molar refractivity (Wildman–Crippen MR) is 42.8 cm³/mol. The van der Waals surface area contributed by atoms with E-state index in [1.165, 1.54) is 0 Å². The topological polar surface area (TPSA) is 21.3 Å². The molecule has 0 aliphatic heterocycles. The summed E-state index contributed by atoms with van der Waals surface area (Å²) in [5, 5.41) is 3.09. The van der Waals surface area contributed by atoms with Gasteiger partial charge < -0.3 is 10.1 Å². The number of hydrogen-bond donors (Lipinski definition) is 1. The highest BCUT2D eigenvalue weighted by molar-refractivity contribution is 4.91. The number of likely N-dealkylation sites (N-methyl/N-ethyl adjacent to an activating group) is 1. The van der Waals surface area contributed by atoms with Gasteiger partial charge in [-0.2, -0.15) is 0 Å². The Morgan fingerprint density at radius 2 is 2.30 bits per heavy atom. The lowest BCUT2D eigenvalue weighted by atomic mass is 10.1. The van der Waals surface area contributed by atoms with Crippen molar-refractivity contribution < 1.29 is 4.74 Å². The Hall–Kier alpha value is -0.520. The molecule has 0 aromatic rings. The average molecular weight is 141 g/mol. The maximum atomic E-state index is 5.15. The van der Waals surface area contributed by atoms with E-state index < -0.39 is 0 Å². The van der Waals surface area contributed by atoms with Crippen molar-refractivity contribution in [3.63, 3.8) is 0 Å². The van der Waals surface area contributed by atoms with Crippen molar-refractivity contribution in [2.24, 2.45) is 0 Å². The summed E-state index contributed by atoms with van der Waals surface area (Å²) in [5.41, 5.74) is 0. The minimum Gasteiger partial charge on any atom is -0.380 e. The van der Waals surface area contributed by atoms with Crippen molar-refractivity contribution in [2.75, 3.05) is 14.2 Å². The van der Waals surface area contributed by atoms with E-state index in [0.717, 1.165) is 0 Å². The Labute approximate surface area is 63.0 Å². The first-order chi connectivity index (χ1) is 4.76. The second kappa shape index (κ2) is 5.28. The SMILES string of the molecule is C#CCC(NC)C(C)OC. The largest absolute Gasteiger partial charge is 0.380 e. The molecule has 0 heterocycles. The van der Waals surface area contributed by atoms with Crippen LogP contribution >= 0.6 is 0 Å². The van der Waals surface area contributed by atoms with Crippen LogP contribution in [0.3, 0.4) is 0 Å². The molecule has 0 aliphatic carbocycles. The highest BCUT2D eigenvalue weighted by Crippen LogP contribution is 1.99. The van der Waals surface area contributed by atoms with Crippen LogP contribution in [0, 0.1) is 12.3 Å². The van der Waals surface area contributed by atoms with Crippen molar-refractivity contribution in [2.45, 2.75) is 25.5 Å². The van der Waals surface area contributed by atoms with Crippen LogP contribution in [0.2, 0.25) is 0 Å². The lowest BCUT2D eigenvalue weighted by molar-refractivity contribution is 0.0872. The highest BCUT2D eigenvalue weighted by Gasteiger charge is 2.11. The monoisotopic (exact) mass is 141 g/mol. The fourth-order valence-corrected chi connectivity index (χ4v) is 0.794. The molecule has 2 heteroatoms. The van der Waals surface area contributed by atoms with Crippen LogP contribution in [0.15, 0.2) is 0 Å². The molecule has 2 unspecified atom stereocenters. The highest BCUT2D eigenvalue weighted by atomic mass is 16.5. The summed E-state index contributed by atoms with van der Waals surface area (Å²) in [6.45, 7) is 2.00. The Morgan fingerprint density at radius 3 is 2.60 bits per heavy atom. The number of methoxy groups -OCH3 is 1. The normalized spacial score (nSPS) is 15.8. The maximum absolute atomic E-state index is 5.15. The van der Waals surface area contributed by atoms with Gasteiger partial charge in [0.15, 0.2) is 0 Å². The number of hydrogen-bond acceptors (Lipinski definition) is 2. The number of nitrogens with one attached hydrogen (secondary N) is 1. The smallest absolute Gasteiger partial charge is 0.0705 e. The van der Waals surface area contributed by atoms with E-state index >= 15 is 0 Å². The Morgan fingerprint density at radius 1 is 1.70 bits per heavy atom. The fourth-order valence-electron chi connectivity index (χ4n) is 0.794. The molecule has 1 N–H and O–H groups in total. The Balaban J connectivity index is 3.70. The summed E-state index contributed by atoms with van der Waals surface area (Å²) in [7, 11) is 3.57. The van der Waals surface area contributed by atoms with Gasteiger partial charge in [-0.25, -0.2) is 0 Å². The van der Waals surface area contributed by atoms with Gasteiger partial charge in [0, 0.05) is 19.6 Å². The van der Waals surface area contributed by atoms with E-state index in [4.69, 9.17) is 11.2 Å². The van der Waals surface area contributed by atoms with Crippen molar-refractivity contribution in [1.82, 2.24) is 5.32 Å². The number of terminal acetylenes is 1. The van der Waals surface area contributed by atoms with Crippen LogP contribution in [-0.2, 0) is 4.74 Å². The van der Waals surface area contributed by atoms with Crippen LogP contribution in [0.25, 0.3) is 0 Å². The van der Waals surface area contributed by atoms with Crippen LogP contribution in [0.1, 0.15) is 13.3 Å². The minimum absolute atomic E-state index is 0.182. The zero-order chi connectivity index (χ0) is 7.98. The van der Waals surface area contributed by atoms with Crippen LogP contribution in [-0.4, -0.2) is 26.3 Å². The van der Waals surface area contributed by atoms with E-state index in [2.05, 4.69) is 11.2 Å². The lowest BCUT2D eigenvalue weighted by Crippen LogP contribution is -2.36. The first-order valence-electron chi connectivity index (χ1n) is 3.39. The molecule has 0 aliphatic rings. The van der Waals surface area contributed by atoms with Gasteiger partial charge >= 0.3 is 0 Å². The molecule has 0 bridgehead atoms. The van der Waals surface area contributed by atoms with Crippen molar-refractivity contribution in [3.8, 4) is 12.3 Å². The molecule has 0 spiro atoms. The third-order valence-corrected chi connectivity index (χ3v) is 1.65. The van der Waals surface area contributed by atoms with Gasteiger partial charge in [-0.05, 0) is 14.0 Å². The summed E-state index contributed by atoms with van der Waals surface area (Å²) in [5.74, 6) is 2.59. The van der Waals surface area contributed by atoms with Crippen LogP contribution in [0.4, 0.5) is 0 Å². The van der Waals surface area contributed by atoms with E-state index in [1.54, 1.807) is 7.11 Å².